The molecule has 4 rings (SSSR count). The number of anilines is 1. The molecule has 0 spiro atoms. The largest absolute Gasteiger partial charge is 0.493 e. The van der Waals surface area contributed by atoms with E-state index in [1.807, 2.05) is 67.6 Å². The van der Waals surface area contributed by atoms with Crippen molar-refractivity contribution in [3.05, 3.63) is 92.8 Å². The maximum Gasteiger partial charge on any atom is 0.271 e. The van der Waals surface area contributed by atoms with Crippen LogP contribution in [0, 0.1) is 0 Å². The van der Waals surface area contributed by atoms with Gasteiger partial charge in [0.25, 0.3) is 5.91 Å². The van der Waals surface area contributed by atoms with Gasteiger partial charge >= 0.3 is 0 Å². The number of aliphatic imine (C=N–C) groups is 1. The zero-order valence-corrected chi connectivity index (χ0v) is 21.9. The molecule has 0 atom stereocenters. The molecule has 0 unspecified atom stereocenters. The number of hydrogen-bond acceptors (Lipinski definition) is 4. The van der Waals surface area contributed by atoms with E-state index in [4.69, 9.17) is 9.73 Å². The van der Waals surface area contributed by atoms with Gasteiger partial charge in [-0.05, 0) is 79.1 Å². The summed E-state index contributed by atoms with van der Waals surface area (Å²) in [6.45, 7) is 6.72. The van der Waals surface area contributed by atoms with E-state index in [0.717, 1.165) is 51.1 Å². The molecule has 0 radical (unpaired) electrons. The molecule has 1 heterocycles. The highest BCUT2D eigenvalue weighted by atomic mass is 79.9. The third-order valence-corrected chi connectivity index (χ3v) is 7.03. The number of carbonyl (C=O) groups excluding carboxylic acids is 1. The normalized spacial score (nSPS) is 16.0. The Morgan fingerprint density at radius 3 is 2.41 bits per heavy atom. The number of amides is 1. The predicted molar refractivity (Wildman–Crippen MR) is 147 cm³/mol. The van der Waals surface area contributed by atoms with Crippen LogP contribution >= 0.6 is 27.7 Å². The Kier molecular flexibility index (Phi) is 7.91. The van der Waals surface area contributed by atoms with Crippen LogP contribution in [0.15, 0.2) is 81.1 Å². The molecule has 6 heteroatoms. The fraction of sp³-hybridized carbons (Fsp3) is 0.214. The minimum atomic E-state index is -0.0824. The van der Waals surface area contributed by atoms with Crippen molar-refractivity contribution in [2.24, 2.45) is 4.99 Å². The van der Waals surface area contributed by atoms with Crippen molar-refractivity contribution in [3.8, 4) is 5.75 Å². The molecule has 1 saturated heterocycles. The topological polar surface area (TPSA) is 41.9 Å². The second-order valence-corrected chi connectivity index (χ2v) is 9.65. The Morgan fingerprint density at radius 2 is 1.68 bits per heavy atom. The first-order valence-corrected chi connectivity index (χ1v) is 13.1. The quantitative estimate of drug-likeness (QED) is 0.290. The molecule has 0 bridgehead atoms. The average molecular weight is 536 g/mol. The van der Waals surface area contributed by atoms with Gasteiger partial charge in [0.2, 0.25) is 0 Å². The zero-order chi connectivity index (χ0) is 24.1. The Morgan fingerprint density at radius 1 is 0.971 bits per heavy atom. The summed E-state index contributed by atoms with van der Waals surface area (Å²) in [5.74, 6) is 0.662. The number of halogens is 1. The van der Waals surface area contributed by atoms with Gasteiger partial charge in [0.1, 0.15) is 5.75 Å². The predicted octanol–water partition coefficient (Wildman–Crippen LogP) is 7.78. The summed E-state index contributed by atoms with van der Waals surface area (Å²) < 4.78 is 6.74. The second-order valence-electron chi connectivity index (χ2n) is 7.73. The summed E-state index contributed by atoms with van der Waals surface area (Å²) in [5, 5.41) is 0.658. The molecule has 0 N–H and O–H groups in total. The van der Waals surface area contributed by atoms with Crippen LogP contribution < -0.4 is 9.64 Å². The summed E-state index contributed by atoms with van der Waals surface area (Å²) in [4.78, 5) is 21.1. The van der Waals surface area contributed by atoms with E-state index in [9.17, 15) is 4.79 Å². The van der Waals surface area contributed by atoms with Crippen molar-refractivity contribution in [1.82, 2.24) is 0 Å². The zero-order valence-electron chi connectivity index (χ0n) is 19.5. The van der Waals surface area contributed by atoms with Crippen LogP contribution in [0.4, 0.5) is 11.4 Å². The highest BCUT2D eigenvalue weighted by molar-refractivity contribution is 9.10. The van der Waals surface area contributed by atoms with E-state index in [1.54, 1.807) is 4.90 Å². The van der Waals surface area contributed by atoms with Crippen LogP contribution in [0.2, 0.25) is 0 Å². The lowest BCUT2D eigenvalue weighted by atomic mass is 10.1. The van der Waals surface area contributed by atoms with Crippen molar-refractivity contribution in [3.63, 3.8) is 0 Å². The molecule has 1 aliphatic heterocycles. The summed E-state index contributed by atoms with van der Waals surface area (Å²) in [6, 6.07) is 21.9. The fourth-order valence-corrected chi connectivity index (χ4v) is 5.23. The molecule has 1 aliphatic rings. The Hall–Kier alpha value is -2.83. The fourth-order valence-electron chi connectivity index (χ4n) is 3.87. The van der Waals surface area contributed by atoms with Crippen LogP contribution in [0.5, 0.6) is 5.75 Å². The lowest BCUT2D eigenvalue weighted by Crippen LogP contribution is -2.29. The molecule has 0 saturated carbocycles. The molecule has 3 aromatic carbocycles. The third-order valence-electron chi connectivity index (χ3n) is 5.57. The third kappa shape index (κ3) is 5.13. The monoisotopic (exact) mass is 534 g/mol. The number of ether oxygens (including phenoxy) is 1. The molecule has 4 nitrogen and oxygen atoms in total. The van der Waals surface area contributed by atoms with E-state index in [1.165, 1.54) is 11.8 Å². The second kappa shape index (κ2) is 11.1. The van der Waals surface area contributed by atoms with Crippen LogP contribution in [-0.4, -0.2) is 17.7 Å². The van der Waals surface area contributed by atoms with E-state index >= 15 is 0 Å². The summed E-state index contributed by atoms with van der Waals surface area (Å²) >= 11 is 4.94. The SMILES string of the molecule is CCOc1ccc(Br)cc1/C=C1\SC(=Nc2ccccc2CC)N(c2ccccc2CC)C1=O. The molecule has 0 aromatic heterocycles. The van der Waals surface area contributed by atoms with E-state index in [0.29, 0.717) is 16.7 Å². The average Bonchev–Trinajstić information content (AvgIpc) is 3.15. The van der Waals surface area contributed by atoms with Crippen molar-refractivity contribution in [2.75, 3.05) is 11.5 Å². The first kappa shape index (κ1) is 24.3. The highest BCUT2D eigenvalue weighted by Gasteiger charge is 2.36. The highest BCUT2D eigenvalue weighted by Crippen LogP contribution is 2.40. The minimum absolute atomic E-state index is 0.0824. The number of hydrogen-bond donors (Lipinski definition) is 0. The molecule has 34 heavy (non-hydrogen) atoms. The van der Waals surface area contributed by atoms with Gasteiger partial charge < -0.3 is 4.74 Å². The van der Waals surface area contributed by atoms with Crippen molar-refractivity contribution < 1.29 is 9.53 Å². The van der Waals surface area contributed by atoms with Crippen molar-refractivity contribution in [2.45, 2.75) is 33.6 Å². The van der Waals surface area contributed by atoms with Gasteiger partial charge in [-0.2, -0.15) is 0 Å². The van der Waals surface area contributed by atoms with Gasteiger partial charge in [-0.25, -0.2) is 4.99 Å². The smallest absolute Gasteiger partial charge is 0.271 e. The summed E-state index contributed by atoms with van der Waals surface area (Å²) in [5.41, 5.74) is 4.86. The molecule has 174 valence electrons. The van der Waals surface area contributed by atoms with E-state index < -0.39 is 0 Å². The molecule has 0 aliphatic carbocycles. The molecule has 1 amide bonds. The number of nitrogens with zero attached hydrogens (tertiary/aromatic N) is 2. The van der Waals surface area contributed by atoms with Gasteiger partial charge in [0.05, 0.1) is 22.9 Å². The van der Waals surface area contributed by atoms with Crippen LogP contribution in [0.3, 0.4) is 0 Å². The van der Waals surface area contributed by atoms with Gasteiger partial charge in [-0.1, -0.05) is 66.2 Å². The minimum Gasteiger partial charge on any atom is -0.493 e. The number of para-hydroxylation sites is 2. The molecular weight excluding hydrogens is 508 g/mol. The van der Waals surface area contributed by atoms with Gasteiger partial charge in [0, 0.05) is 10.0 Å². The Balaban J connectivity index is 1.85. The molecule has 1 fully saturated rings. The van der Waals surface area contributed by atoms with Crippen LogP contribution in [-0.2, 0) is 17.6 Å². The lowest BCUT2D eigenvalue weighted by Gasteiger charge is -2.19. The summed E-state index contributed by atoms with van der Waals surface area (Å²) in [7, 11) is 0. The number of carbonyl (C=O) groups is 1. The van der Waals surface area contributed by atoms with Crippen molar-refractivity contribution in [1.29, 1.82) is 0 Å². The Bertz CT molecular complexity index is 1270. The first-order valence-electron chi connectivity index (χ1n) is 11.5. The van der Waals surface area contributed by atoms with Crippen molar-refractivity contribution >= 4 is 56.2 Å². The van der Waals surface area contributed by atoms with Crippen LogP contribution in [0.25, 0.3) is 6.08 Å². The van der Waals surface area contributed by atoms with Gasteiger partial charge in [-0.15, -0.1) is 0 Å². The lowest BCUT2D eigenvalue weighted by molar-refractivity contribution is -0.113. The number of benzene rings is 3. The van der Waals surface area contributed by atoms with Gasteiger partial charge in [0.15, 0.2) is 5.17 Å². The number of amidine groups is 1. The van der Waals surface area contributed by atoms with E-state index in [2.05, 4.69) is 41.9 Å². The number of rotatable bonds is 7. The van der Waals surface area contributed by atoms with Crippen LogP contribution in [0.1, 0.15) is 37.5 Å². The van der Waals surface area contributed by atoms with Gasteiger partial charge in [-0.3, -0.25) is 9.69 Å². The number of aryl methyl sites for hydroxylation is 2. The first-order chi connectivity index (χ1) is 16.5. The maximum absolute atomic E-state index is 13.8. The molecule has 3 aromatic rings. The maximum atomic E-state index is 13.8. The molecular formula is C28H27BrN2O2S. The standard InChI is InChI=1S/C28H27BrN2O2S/c1-4-19-11-7-9-13-23(19)30-28-31(24-14-10-8-12-20(24)5-2)27(32)26(34-28)18-21-17-22(29)15-16-25(21)33-6-3/h7-18H,4-6H2,1-3H3/b26-18-,30-28?. The number of thioether (sulfide) groups is 1. The summed E-state index contributed by atoms with van der Waals surface area (Å²) in [6.07, 6.45) is 3.59. The van der Waals surface area contributed by atoms with E-state index in [-0.39, 0.29) is 5.91 Å². The Labute approximate surface area is 213 Å².